The first-order valence-corrected chi connectivity index (χ1v) is 6.39. The van der Waals surface area contributed by atoms with Crippen LogP contribution in [0.2, 0.25) is 0 Å². The van der Waals surface area contributed by atoms with Crippen molar-refractivity contribution in [3.63, 3.8) is 0 Å². The number of aliphatic hydroxyl groups excluding tert-OH is 2. The van der Waals surface area contributed by atoms with Gasteiger partial charge < -0.3 is 15.3 Å². The Balaban J connectivity index is 2.64. The summed E-state index contributed by atoms with van der Waals surface area (Å²) < 4.78 is 0. The molecule has 4 nitrogen and oxygen atoms in total. The number of carbonyl (C=O) groups is 1. The zero-order valence-electron chi connectivity index (χ0n) is 9.21. The number of carboxylic acids is 1. The molecule has 0 aliphatic carbocycles. The summed E-state index contributed by atoms with van der Waals surface area (Å²) in [6.07, 6.45) is -1.22. The number of aliphatic hydroxyl groups is 2. The Bertz CT molecular complexity index is 363. The van der Waals surface area contributed by atoms with Crippen LogP contribution in [0.5, 0.6) is 0 Å². The molecule has 0 spiro atoms. The van der Waals surface area contributed by atoms with Crippen LogP contribution in [0.25, 0.3) is 0 Å². The van der Waals surface area contributed by atoms with E-state index in [0.29, 0.717) is 17.3 Å². The Morgan fingerprint density at radius 3 is 2.29 bits per heavy atom. The van der Waals surface area contributed by atoms with E-state index in [1.807, 2.05) is 0 Å². The smallest absolute Gasteiger partial charge is 0.303 e. The number of aryl methyl sites for hydroxylation is 1. The van der Waals surface area contributed by atoms with Crippen molar-refractivity contribution in [1.29, 1.82) is 0 Å². The van der Waals surface area contributed by atoms with Crippen LogP contribution in [0.15, 0.2) is 24.3 Å². The molecule has 1 rings (SSSR count). The molecule has 2 unspecified atom stereocenters. The lowest BCUT2D eigenvalue weighted by Gasteiger charge is -2.16. The fourth-order valence-corrected chi connectivity index (χ4v) is 1.79. The van der Waals surface area contributed by atoms with E-state index in [2.05, 4.69) is 15.9 Å². The van der Waals surface area contributed by atoms with Gasteiger partial charge in [-0.25, -0.2) is 0 Å². The third kappa shape index (κ3) is 4.46. The van der Waals surface area contributed by atoms with Gasteiger partial charge in [0.25, 0.3) is 0 Å². The van der Waals surface area contributed by atoms with Crippen LogP contribution in [0.4, 0.5) is 0 Å². The quantitative estimate of drug-likeness (QED) is 0.696. The Morgan fingerprint density at radius 2 is 1.82 bits per heavy atom. The molecule has 0 fully saturated rings. The van der Waals surface area contributed by atoms with Crippen LogP contribution in [-0.2, 0) is 11.2 Å². The highest BCUT2D eigenvalue weighted by molar-refractivity contribution is 9.09. The first-order chi connectivity index (χ1) is 8.04. The van der Waals surface area contributed by atoms with Gasteiger partial charge in [0.15, 0.2) is 0 Å². The second-order valence-electron chi connectivity index (χ2n) is 3.80. The zero-order valence-corrected chi connectivity index (χ0v) is 10.8. The number of rotatable bonds is 6. The average molecular weight is 303 g/mol. The van der Waals surface area contributed by atoms with Gasteiger partial charge in [-0.1, -0.05) is 40.2 Å². The van der Waals surface area contributed by atoms with Crippen LogP contribution in [-0.4, -0.2) is 32.7 Å². The third-order valence-electron chi connectivity index (χ3n) is 2.47. The molecule has 1 aromatic carbocycles. The number of aliphatic carboxylic acids is 1. The number of carboxylic acid groups (broad SMARTS) is 1. The van der Waals surface area contributed by atoms with Crippen molar-refractivity contribution in [3.05, 3.63) is 35.4 Å². The molecule has 3 N–H and O–H groups in total. The molecule has 0 amide bonds. The van der Waals surface area contributed by atoms with Gasteiger partial charge in [-0.2, -0.15) is 0 Å². The molecular formula is C12H15BrO4. The summed E-state index contributed by atoms with van der Waals surface area (Å²) in [5, 5.41) is 28.0. The largest absolute Gasteiger partial charge is 0.481 e. The van der Waals surface area contributed by atoms with Crippen LogP contribution in [0.3, 0.4) is 0 Å². The molecule has 17 heavy (non-hydrogen) atoms. The fourth-order valence-electron chi connectivity index (χ4n) is 1.44. The molecule has 0 aromatic heterocycles. The summed E-state index contributed by atoms with van der Waals surface area (Å²) in [4.78, 5) is 10.4. The Hall–Kier alpha value is -0.910. The Kier molecular flexibility index (Phi) is 5.61. The van der Waals surface area contributed by atoms with Crippen molar-refractivity contribution in [3.8, 4) is 0 Å². The SMILES string of the molecule is O=C(O)CCc1ccc(C(O)C(O)CBr)cc1. The molecule has 1 aromatic rings. The molecule has 0 aliphatic rings. The number of benzene rings is 1. The summed E-state index contributed by atoms with van der Waals surface area (Å²) in [7, 11) is 0. The Labute approximate surface area is 108 Å². The standard InChI is InChI=1S/C12H15BrO4/c13-7-10(14)12(17)9-4-1-8(2-5-9)3-6-11(15)16/h1-2,4-5,10,12,14,17H,3,6-7H2,(H,15,16). The predicted octanol–water partition coefficient (Wildman–Crippen LogP) is 1.49. The molecule has 2 atom stereocenters. The number of halogens is 1. The topological polar surface area (TPSA) is 77.8 Å². The second kappa shape index (κ2) is 6.74. The molecule has 94 valence electrons. The molecule has 0 radical (unpaired) electrons. The van der Waals surface area contributed by atoms with Crippen LogP contribution in [0.1, 0.15) is 23.7 Å². The van der Waals surface area contributed by atoms with E-state index >= 15 is 0 Å². The Morgan fingerprint density at radius 1 is 1.24 bits per heavy atom. The summed E-state index contributed by atoms with van der Waals surface area (Å²) in [6.45, 7) is 0. The maximum Gasteiger partial charge on any atom is 0.303 e. The molecule has 0 bridgehead atoms. The maximum absolute atomic E-state index is 10.4. The predicted molar refractivity (Wildman–Crippen MR) is 67.2 cm³/mol. The minimum absolute atomic E-state index is 0.0892. The van der Waals surface area contributed by atoms with Gasteiger partial charge in [0.2, 0.25) is 0 Å². The molecular weight excluding hydrogens is 288 g/mol. The normalized spacial score (nSPS) is 14.3. The molecule has 0 heterocycles. The zero-order chi connectivity index (χ0) is 12.8. The van der Waals surface area contributed by atoms with Gasteiger partial charge in [-0.05, 0) is 17.5 Å². The minimum Gasteiger partial charge on any atom is -0.481 e. The molecule has 0 saturated carbocycles. The van der Waals surface area contributed by atoms with Gasteiger partial charge in [0.1, 0.15) is 6.10 Å². The summed E-state index contributed by atoms with van der Waals surface area (Å²) in [5.41, 5.74) is 1.52. The fraction of sp³-hybridized carbons (Fsp3) is 0.417. The average Bonchev–Trinajstić information content (AvgIpc) is 2.35. The summed E-state index contributed by atoms with van der Waals surface area (Å²) in [6, 6.07) is 6.94. The summed E-state index contributed by atoms with van der Waals surface area (Å²) >= 11 is 3.09. The van der Waals surface area contributed by atoms with Crippen molar-refractivity contribution in [2.75, 3.05) is 5.33 Å². The third-order valence-corrected chi connectivity index (χ3v) is 3.13. The van der Waals surface area contributed by atoms with Gasteiger partial charge in [-0.3, -0.25) is 4.79 Å². The van der Waals surface area contributed by atoms with Gasteiger partial charge in [0.05, 0.1) is 6.10 Å². The summed E-state index contributed by atoms with van der Waals surface area (Å²) in [5.74, 6) is -0.830. The van der Waals surface area contributed by atoms with E-state index in [0.717, 1.165) is 5.56 Å². The van der Waals surface area contributed by atoms with Crippen molar-refractivity contribution in [2.24, 2.45) is 0 Å². The number of hydrogen-bond acceptors (Lipinski definition) is 3. The lowest BCUT2D eigenvalue weighted by Crippen LogP contribution is -2.19. The van der Waals surface area contributed by atoms with Gasteiger partial charge in [0, 0.05) is 11.8 Å². The maximum atomic E-state index is 10.4. The van der Waals surface area contributed by atoms with E-state index < -0.39 is 18.2 Å². The van der Waals surface area contributed by atoms with Crippen molar-refractivity contribution in [2.45, 2.75) is 25.0 Å². The van der Waals surface area contributed by atoms with Gasteiger partial charge in [-0.15, -0.1) is 0 Å². The van der Waals surface area contributed by atoms with Crippen LogP contribution >= 0.6 is 15.9 Å². The highest BCUT2D eigenvalue weighted by atomic mass is 79.9. The van der Waals surface area contributed by atoms with Gasteiger partial charge >= 0.3 is 5.97 Å². The van der Waals surface area contributed by atoms with Crippen molar-refractivity contribution in [1.82, 2.24) is 0 Å². The highest BCUT2D eigenvalue weighted by Gasteiger charge is 2.16. The minimum atomic E-state index is -0.928. The van der Waals surface area contributed by atoms with E-state index in [1.165, 1.54) is 0 Å². The van der Waals surface area contributed by atoms with E-state index in [1.54, 1.807) is 24.3 Å². The molecule has 5 heteroatoms. The second-order valence-corrected chi connectivity index (χ2v) is 4.45. The lowest BCUT2D eigenvalue weighted by molar-refractivity contribution is -0.136. The lowest BCUT2D eigenvalue weighted by atomic mass is 10.0. The first kappa shape index (κ1) is 14.2. The van der Waals surface area contributed by atoms with Crippen LogP contribution < -0.4 is 0 Å². The van der Waals surface area contributed by atoms with Crippen molar-refractivity contribution >= 4 is 21.9 Å². The molecule has 0 aliphatic heterocycles. The molecule has 0 saturated heterocycles. The van der Waals surface area contributed by atoms with E-state index in [-0.39, 0.29) is 6.42 Å². The van der Waals surface area contributed by atoms with E-state index in [9.17, 15) is 15.0 Å². The number of hydrogen-bond donors (Lipinski definition) is 3. The highest BCUT2D eigenvalue weighted by Crippen LogP contribution is 2.19. The van der Waals surface area contributed by atoms with Crippen LogP contribution in [0, 0.1) is 0 Å². The van der Waals surface area contributed by atoms with E-state index in [4.69, 9.17) is 5.11 Å². The first-order valence-electron chi connectivity index (χ1n) is 5.27. The monoisotopic (exact) mass is 302 g/mol. The number of alkyl halides is 1. The van der Waals surface area contributed by atoms with Crippen molar-refractivity contribution < 1.29 is 20.1 Å².